The molecular weight excluding hydrogens is 188 g/mol. The molecule has 0 aromatic heterocycles. The van der Waals surface area contributed by atoms with Crippen molar-refractivity contribution in [2.75, 3.05) is 39.1 Å². The van der Waals surface area contributed by atoms with Crippen molar-refractivity contribution in [3.63, 3.8) is 0 Å². The molecule has 0 aromatic carbocycles. The van der Waals surface area contributed by atoms with Crippen molar-refractivity contribution < 1.29 is 14.2 Å². The van der Waals surface area contributed by atoms with Gasteiger partial charge in [-0.25, -0.2) is 0 Å². The van der Waals surface area contributed by atoms with Gasteiger partial charge in [-0.1, -0.05) is 6.92 Å². The summed E-state index contributed by atoms with van der Waals surface area (Å²) in [5.74, 6) is 1.88. The Balaban J connectivity index is 3.17. The summed E-state index contributed by atoms with van der Waals surface area (Å²) < 4.78 is 15.6. The molecule has 0 aliphatic heterocycles. The highest BCUT2D eigenvalue weighted by molar-refractivity contribution is 7.99. The van der Waals surface area contributed by atoms with Crippen LogP contribution < -0.4 is 0 Å². The van der Waals surface area contributed by atoms with Crippen LogP contribution in [-0.2, 0) is 14.2 Å². The van der Waals surface area contributed by atoms with E-state index in [1.165, 1.54) is 0 Å². The maximum Gasteiger partial charge on any atom is 0.0920 e. The molecule has 0 saturated heterocycles. The molecule has 4 heteroatoms. The van der Waals surface area contributed by atoms with Crippen LogP contribution in [0, 0.1) is 0 Å². The van der Waals surface area contributed by atoms with E-state index in [-0.39, 0.29) is 6.10 Å². The third-order valence-electron chi connectivity index (χ3n) is 1.64. The molecule has 0 radical (unpaired) electrons. The molecule has 0 heterocycles. The molecule has 0 N–H and O–H groups in total. The van der Waals surface area contributed by atoms with Crippen molar-refractivity contribution >= 4 is 11.8 Å². The van der Waals surface area contributed by atoms with E-state index < -0.39 is 0 Å². The van der Waals surface area contributed by atoms with Crippen LogP contribution in [0.15, 0.2) is 0 Å². The maximum absolute atomic E-state index is 5.38. The van der Waals surface area contributed by atoms with Gasteiger partial charge in [0.15, 0.2) is 0 Å². The van der Waals surface area contributed by atoms with Crippen LogP contribution in [0.3, 0.4) is 0 Å². The summed E-state index contributed by atoms with van der Waals surface area (Å²) in [6.07, 6.45) is 1.06. The number of ether oxygens (including phenoxy) is 3. The molecule has 0 rings (SSSR count). The van der Waals surface area contributed by atoms with Crippen molar-refractivity contribution in [2.45, 2.75) is 19.4 Å². The Bertz CT molecular complexity index is 101. The Morgan fingerprint density at radius 1 is 1.31 bits per heavy atom. The summed E-state index contributed by atoms with van der Waals surface area (Å²) in [5.41, 5.74) is 0. The second-order valence-corrected chi connectivity index (χ2v) is 3.84. The zero-order valence-corrected chi connectivity index (χ0v) is 9.56. The number of rotatable bonds is 9. The van der Waals surface area contributed by atoms with E-state index in [1.54, 1.807) is 26.0 Å². The van der Waals surface area contributed by atoms with Crippen LogP contribution in [-0.4, -0.2) is 45.2 Å². The molecule has 0 saturated carbocycles. The molecule has 3 nitrogen and oxygen atoms in total. The van der Waals surface area contributed by atoms with Crippen LogP contribution in [0.5, 0.6) is 0 Å². The molecule has 0 amide bonds. The van der Waals surface area contributed by atoms with Crippen LogP contribution in [0.1, 0.15) is 13.3 Å². The lowest BCUT2D eigenvalue weighted by Gasteiger charge is -2.13. The minimum absolute atomic E-state index is 0.164. The summed E-state index contributed by atoms with van der Waals surface area (Å²) in [6, 6.07) is 0. The second kappa shape index (κ2) is 10.3. The largest absolute Gasteiger partial charge is 0.382 e. The average molecular weight is 208 g/mol. The quantitative estimate of drug-likeness (QED) is 0.426. The van der Waals surface area contributed by atoms with Gasteiger partial charge in [-0.05, 0) is 12.2 Å². The first-order chi connectivity index (χ1) is 6.35. The Labute approximate surface area is 85.1 Å². The van der Waals surface area contributed by atoms with Gasteiger partial charge in [0.1, 0.15) is 0 Å². The van der Waals surface area contributed by atoms with Gasteiger partial charge in [-0.15, -0.1) is 11.8 Å². The Morgan fingerprint density at radius 3 is 2.62 bits per heavy atom. The maximum atomic E-state index is 5.38. The molecule has 1 unspecified atom stereocenters. The fraction of sp³-hybridized carbons (Fsp3) is 1.00. The van der Waals surface area contributed by atoms with Gasteiger partial charge in [-0.3, -0.25) is 0 Å². The van der Waals surface area contributed by atoms with Gasteiger partial charge in [0.05, 0.1) is 25.3 Å². The van der Waals surface area contributed by atoms with Crippen molar-refractivity contribution in [3.05, 3.63) is 0 Å². The van der Waals surface area contributed by atoms with Crippen LogP contribution in [0.2, 0.25) is 0 Å². The third-order valence-corrected chi connectivity index (χ3v) is 2.38. The minimum atomic E-state index is 0.164. The van der Waals surface area contributed by atoms with E-state index in [0.717, 1.165) is 24.7 Å². The lowest BCUT2D eigenvalue weighted by Crippen LogP contribution is -2.19. The smallest absolute Gasteiger partial charge is 0.0920 e. The van der Waals surface area contributed by atoms with Gasteiger partial charge in [0, 0.05) is 14.2 Å². The van der Waals surface area contributed by atoms with Crippen molar-refractivity contribution in [1.82, 2.24) is 0 Å². The Kier molecular flexibility index (Phi) is 10.5. The highest BCUT2D eigenvalue weighted by Gasteiger charge is 2.05. The first-order valence-electron chi connectivity index (χ1n) is 4.52. The number of methoxy groups -OCH3 is 2. The molecule has 0 aromatic rings. The van der Waals surface area contributed by atoms with Gasteiger partial charge in [0.2, 0.25) is 0 Å². The molecule has 13 heavy (non-hydrogen) atoms. The molecule has 0 aliphatic carbocycles. The lowest BCUT2D eigenvalue weighted by molar-refractivity contribution is 0.00810. The molecular formula is C9H20O3S. The van der Waals surface area contributed by atoms with Gasteiger partial charge < -0.3 is 14.2 Å². The summed E-state index contributed by atoms with van der Waals surface area (Å²) in [4.78, 5) is 0. The average Bonchev–Trinajstić information content (AvgIpc) is 2.16. The Morgan fingerprint density at radius 2 is 2.08 bits per heavy atom. The van der Waals surface area contributed by atoms with Gasteiger partial charge in [0.25, 0.3) is 0 Å². The van der Waals surface area contributed by atoms with Crippen molar-refractivity contribution in [2.24, 2.45) is 0 Å². The zero-order valence-electron chi connectivity index (χ0n) is 8.75. The van der Waals surface area contributed by atoms with Gasteiger partial charge in [-0.2, -0.15) is 0 Å². The monoisotopic (exact) mass is 208 g/mol. The molecule has 0 fully saturated rings. The van der Waals surface area contributed by atoms with Crippen molar-refractivity contribution in [1.29, 1.82) is 0 Å². The first-order valence-corrected chi connectivity index (χ1v) is 5.67. The fourth-order valence-corrected chi connectivity index (χ4v) is 1.27. The third kappa shape index (κ3) is 8.56. The molecule has 80 valence electrons. The van der Waals surface area contributed by atoms with E-state index >= 15 is 0 Å². The van der Waals surface area contributed by atoms with E-state index in [9.17, 15) is 0 Å². The zero-order chi connectivity index (χ0) is 9.94. The van der Waals surface area contributed by atoms with Crippen molar-refractivity contribution in [3.8, 4) is 0 Å². The SMILES string of the molecule is CCSCOCCC(COC)OC. The highest BCUT2D eigenvalue weighted by atomic mass is 32.2. The normalized spacial score (nSPS) is 13.2. The molecule has 0 spiro atoms. The molecule has 0 bridgehead atoms. The van der Waals surface area contributed by atoms with Crippen LogP contribution >= 0.6 is 11.8 Å². The summed E-state index contributed by atoms with van der Waals surface area (Å²) in [6.45, 7) is 3.51. The van der Waals surface area contributed by atoms with E-state index in [4.69, 9.17) is 14.2 Å². The molecule has 1 atom stereocenters. The van der Waals surface area contributed by atoms with Gasteiger partial charge >= 0.3 is 0 Å². The lowest BCUT2D eigenvalue weighted by atomic mass is 10.3. The molecule has 0 aliphatic rings. The Hall–Kier alpha value is 0.230. The summed E-state index contributed by atoms with van der Waals surface area (Å²) in [7, 11) is 3.38. The minimum Gasteiger partial charge on any atom is -0.382 e. The predicted molar refractivity (Wildman–Crippen MR) is 56.2 cm³/mol. The van der Waals surface area contributed by atoms with Crippen LogP contribution in [0.4, 0.5) is 0 Å². The fourth-order valence-electron chi connectivity index (χ4n) is 0.871. The topological polar surface area (TPSA) is 27.7 Å². The summed E-state index contributed by atoms with van der Waals surface area (Å²) >= 11 is 1.79. The van der Waals surface area contributed by atoms with Crippen LogP contribution in [0.25, 0.3) is 0 Å². The van der Waals surface area contributed by atoms with E-state index in [0.29, 0.717) is 6.61 Å². The number of hydrogen-bond acceptors (Lipinski definition) is 4. The number of hydrogen-bond donors (Lipinski definition) is 0. The highest BCUT2D eigenvalue weighted by Crippen LogP contribution is 2.02. The van der Waals surface area contributed by atoms with E-state index in [1.807, 2.05) is 0 Å². The van der Waals surface area contributed by atoms with E-state index in [2.05, 4.69) is 6.92 Å². The second-order valence-electron chi connectivity index (χ2n) is 2.62. The first kappa shape index (κ1) is 13.2. The standard InChI is InChI=1S/C9H20O3S/c1-4-13-8-12-6-5-9(11-3)7-10-2/h9H,4-8H2,1-3H3. The predicted octanol–water partition coefficient (Wildman–Crippen LogP) is 1.77. The number of thioether (sulfide) groups is 1. The summed E-state index contributed by atoms with van der Waals surface area (Å²) in [5, 5.41) is 0.